The van der Waals surface area contributed by atoms with E-state index in [0.717, 1.165) is 19.3 Å². The fourth-order valence-electron chi connectivity index (χ4n) is 2.28. The highest BCUT2D eigenvalue weighted by Gasteiger charge is 2.36. The van der Waals surface area contributed by atoms with Crippen molar-refractivity contribution in [2.24, 2.45) is 0 Å². The first-order valence-corrected chi connectivity index (χ1v) is 8.20. The van der Waals surface area contributed by atoms with Crippen molar-refractivity contribution in [2.75, 3.05) is 13.7 Å². The Labute approximate surface area is 125 Å². The van der Waals surface area contributed by atoms with E-state index < -0.39 is 10.0 Å². The summed E-state index contributed by atoms with van der Waals surface area (Å²) in [5.74, 6) is 5.68. The monoisotopic (exact) mass is 309 g/mol. The lowest BCUT2D eigenvalue weighted by Crippen LogP contribution is -2.50. The number of aliphatic hydroxyl groups is 1. The predicted octanol–water partition coefficient (Wildman–Crippen LogP) is 1.26. The zero-order chi connectivity index (χ0) is 15.5. The lowest BCUT2D eigenvalue weighted by atomic mass is 9.80. The Kier molecular flexibility index (Phi) is 4.57. The van der Waals surface area contributed by atoms with Gasteiger partial charge in [-0.15, -0.1) is 0 Å². The van der Waals surface area contributed by atoms with Gasteiger partial charge >= 0.3 is 0 Å². The number of methoxy groups -OCH3 is 1. The van der Waals surface area contributed by atoms with Crippen LogP contribution in [0.1, 0.15) is 31.7 Å². The van der Waals surface area contributed by atoms with E-state index in [2.05, 4.69) is 16.6 Å². The third-order valence-electron chi connectivity index (χ3n) is 3.62. The number of sulfonamides is 1. The van der Waals surface area contributed by atoms with Crippen molar-refractivity contribution in [1.29, 1.82) is 0 Å². The summed E-state index contributed by atoms with van der Waals surface area (Å²) in [6, 6.07) is 4.53. The summed E-state index contributed by atoms with van der Waals surface area (Å²) < 4.78 is 32.7. The van der Waals surface area contributed by atoms with E-state index >= 15 is 0 Å². The number of aliphatic hydroxyl groups excluding tert-OH is 1. The summed E-state index contributed by atoms with van der Waals surface area (Å²) in [4.78, 5) is 0.152. The quantitative estimate of drug-likeness (QED) is 0.821. The minimum Gasteiger partial charge on any atom is -0.495 e. The van der Waals surface area contributed by atoms with E-state index in [1.54, 1.807) is 6.07 Å². The van der Waals surface area contributed by atoms with Gasteiger partial charge in [-0.3, -0.25) is 0 Å². The van der Waals surface area contributed by atoms with Gasteiger partial charge in [0.25, 0.3) is 0 Å². The van der Waals surface area contributed by atoms with Gasteiger partial charge in [0.05, 0.1) is 17.6 Å². The third kappa shape index (κ3) is 3.56. The average molecular weight is 309 g/mol. The van der Waals surface area contributed by atoms with Gasteiger partial charge in [-0.25, -0.2) is 13.1 Å². The summed E-state index contributed by atoms with van der Waals surface area (Å²) in [6.07, 6.45) is 2.73. The lowest BCUT2D eigenvalue weighted by molar-refractivity contribution is 0.248. The van der Waals surface area contributed by atoms with E-state index in [-0.39, 0.29) is 17.0 Å². The zero-order valence-electron chi connectivity index (χ0n) is 12.1. The van der Waals surface area contributed by atoms with Crippen LogP contribution >= 0.6 is 0 Å². The normalized spacial score (nSPS) is 16.5. The Morgan fingerprint density at radius 3 is 2.67 bits per heavy atom. The van der Waals surface area contributed by atoms with Crippen LogP contribution in [0.3, 0.4) is 0 Å². The predicted molar refractivity (Wildman–Crippen MR) is 79.5 cm³/mol. The molecular formula is C15H19NO4S. The highest BCUT2D eigenvalue weighted by atomic mass is 32.2. The van der Waals surface area contributed by atoms with Gasteiger partial charge in [0, 0.05) is 5.54 Å². The molecule has 21 heavy (non-hydrogen) atoms. The molecule has 1 aliphatic carbocycles. The van der Waals surface area contributed by atoms with Crippen LogP contribution in [-0.4, -0.2) is 32.8 Å². The molecule has 0 heterocycles. The van der Waals surface area contributed by atoms with Crippen molar-refractivity contribution in [3.63, 3.8) is 0 Å². The van der Waals surface area contributed by atoms with Crippen LogP contribution in [0.25, 0.3) is 0 Å². The number of nitrogens with one attached hydrogen (secondary N) is 1. The maximum Gasteiger partial charge on any atom is 0.241 e. The molecule has 0 amide bonds. The molecule has 5 nitrogen and oxygen atoms in total. The molecule has 1 aliphatic rings. The van der Waals surface area contributed by atoms with Crippen LogP contribution in [-0.2, 0) is 10.0 Å². The first kappa shape index (κ1) is 15.8. The van der Waals surface area contributed by atoms with Gasteiger partial charge in [-0.2, -0.15) is 0 Å². The molecular weight excluding hydrogens is 290 g/mol. The second-order valence-corrected chi connectivity index (χ2v) is 7.02. The summed E-state index contributed by atoms with van der Waals surface area (Å²) >= 11 is 0. The molecule has 0 unspecified atom stereocenters. The number of hydrogen-bond donors (Lipinski definition) is 2. The van der Waals surface area contributed by atoms with Gasteiger partial charge in [0.1, 0.15) is 12.4 Å². The number of hydrogen-bond acceptors (Lipinski definition) is 4. The maximum absolute atomic E-state index is 12.4. The van der Waals surface area contributed by atoms with Crippen LogP contribution in [0.4, 0.5) is 0 Å². The molecule has 0 aromatic heterocycles. The first-order chi connectivity index (χ1) is 9.90. The van der Waals surface area contributed by atoms with Crippen LogP contribution in [0.15, 0.2) is 23.1 Å². The fourth-order valence-corrected chi connectivity index (χ4v) is 3.77. The summed E-state index contributed by atoms with van der Waals surface area (Å²) in [5.41, 5.74) is 0.0866. The van der Waals surface area contributed by atoms with Crippen molar-refractivity contribution >= 4 is 10.0 Å². The fraction of sp³-hybridized carbons (Fsp3) is 0.467. The van der Waals surface area contributed by atoms with Gasteiger partial charge < -0.3 is 9.84 Å². The Morgan fingerprint density at radius 2 is 2.14 bits per heavy atom. The SMILES string of the molecule is COc1ccc(S(=O)(=O)NC2(C)CCC2)cc1C#CCO. The topological polar surface area (TPSA) is 75.6 Å². The minimum absolute atomic E-state index is 0.152. The minimum atomic E-state index is -3.59. The second-order valence-electron chi connectivity index (χ2n) is 5.34. The van der Waals surface area contributed by atoms with Crippen molar-refractivity contribution in [2.45, 2.75) is 36.6 Å². The van der Waals surface area contributed by atoms with E-state index in [1.165, 1.54) is 19.2 Å². The molecule has 6 heteroatoms. The summed E-state index contributed by atoms with van der Waals surface area (Å²) in [7, 11) is -2.10. The number of rotatable bonds is 4. The van der Waals surface area contributed by atoms with Crippen molar-refractivity contribution < 1.29 is 18.3 Å². The Bertz CT molecular complexity index is 681. The van der Waals surface area contributed by atoms with E-state index in [4.69, 9.17) is 9.84 Å². The molecule has 1 aromatic rings. The first-order valence-electron chi connectivity index (χ1n) is 6.72. The van der Waals surface area contributed by atoms with E-state index in [0.29, 0.717) is 11.3 Å². The molecule has 2 N–H and O–H groups in total. The van der Waals surface area contributed by atoms with Crippen molar-refractivity contribution in [3.8, 4) is 17.6 Å². The molecule has 1 saturated carbocycles. The molecule has 0 aliphatic heterocycles. The second kappa shape index (κ2) is 6.06. The zero-order valence-corrected chi connectivity index (χ0v) is 13.0. The van der Waals surface area contributed by atoms with Gasteiger partial charge in [0.15, 0.2) is 0 Å². The van der Waals surface area contributed by atoms with Crippen LogP contribution in [0.5, 0.6) is 5.75 Å². The molecule has 1 aromatic carbocycles. The highest BCUT2D eigenvalue weighted by molar-refractivity contribution is 7.89. The van der Waals surface area contributed by atoms with Crippen LogP contribution in [0.2, 0.25) is 0 Å². The molecule has 114 valence electrons. The van der Waals surface area contributed by atoms with Gasteiger partial charge in [-0.1, -0.05) is 11.8 Å². The Hall–Kier alpha value is -1.55. The Morgan fingerprint density at radius 1 is 1.43 bits per heavy atom. The molecule has 0 bridgehead atoms. The molecule has 0 spiro atoms. The van der Waals surface area contributed by atoms with E-state index in [1.807, 2.05) is 6.92 Å². The average Bonchev–Trinajstić information content (AvgIpc) is 2.42. The number of ether oxygens (including phenoxy) is 1. The molecule has 1 fully saturated rings. The van der Waals surface area contributed by atoms with Crippen molar-refractivity contribution in [3.05, 3.63) is 23.8 Å². The molecule has 0 saturated heterocycles. The third-order valence-corrected chi connectivity index (χ3v) is 5.26. The molecule has 2 rings (SSSR count). The molecule has 0 radical (unpaired) electrons. The maximum atomic E-state index is 12.4. The highest BCUT2D eigenvalue weighted by Crippen LogP contribution is 2.33. The van der Waals surface area contributed by atoms with Crippen LogP contribution in [0, 0.1) is 11.8 Å². The van der Waals surface area contributed by atoms with Crippen LogP contribution < -0.4 is 9.46 Å². The smallest absolute Gasteiger partial charge is 0.241 e. The van der Waals surface area contributed by atoms with E-state index in [9.17, 15) is 8.42 Å². The van der Waals surface area contributed by atoms with Gasteiger partial charge in [-0.05, 0) is 44.4 Å². The Balaban J connectivity index is 2.35. The van der Waals surface area contributed by atoms with Crippen molar-refractivity contribution in [1.82, 2.24) is 4.72 Å². The summed E-state index contributed by atoms with van der Waals surface area (Å²) in [6.45, 7) is 1.61. The summed E-state index contributed by atoms with van der Waals surface area (Å²) in [5, 5.41) is 8.77. The lowest BCUT2D eigenvalue weighted by Gasteiger charge is -2.38. The number of benzene rings is 1. The largest absolute Gasteiger partial charge is 0.495 e. The van der Waals surface area contributed by atoms with Gasteiger partial charge in [0.2, 0.25) is 10.0 Å². The molecule has 0 atom stereocenters. The standard InChI is InChI=1S/C15H19NO4S/c1-15(8-4-9-15)16-21(18,19)13-6-7-14(20-2)12(11-13)5-3-10-17/h6-7,11,16-17H,4,8-10H2,1-2H3.